The van der Waals surface area contributed by atoms with Crippen molar-refractivity contribution in [3.8, 4) is 11.1 Å². The summed E-state index contributed by atoms with van der Waals surface area (Å²) in [4.78, 5) is 31.7. The van der Waals surface area contributed by atoms with Crippen LogP contribution in [0.15, 0.2) is 42.9 Å². The minimum atomic E-state index is -0.261. The van der Waals surface area contributed by atoms with Gasteiger partial charge in [0.2, 0.25) is 5.91 Å². The third kappa shape index (κ3) is 5.24. The first-order valence-corrected chi connectivity index (χ1v) is 11.9. The molecule has 1 aromatic carbocycles. The van der Waals surface area contributed by atoms with E-state index in [0.717, 1.165) is 40.8 Å². The van der Waals surface area contributed by atoms with Gasteiger partial charge in [-0.25, -0.2) is 4.68 Å². The molecule has 1 aliphatic heterocycles. The van der Waals surface area contributed by atoms with E-state index < -0.39 is 0 Å². The normalized spacial score (nSPS) is 16.4. The molecule has 3 heterocycles. The monoisotopic (exact) mass is 475 g/mol. The highest BCUT2D eigenvalue weighted by Crippen LogP contribution is 2.33. The molecule has 4 rings (SSSR count). The van der Waals surface area contributed by atoms with E-state index in [1.54, 1.807) is 23.3 Å². The first-order chi connectivity index (χ1) is 16.7. The average molecular weight is 476 g/mol. The van der Waals surface area contributed by atoms with Gasteiger partial charge in [-0.2, -0.15) is 0 Å². The van der Waals surface area contributed by atoms with Gasteiger partial charge in [0.15, 0.2) is 5.69 Å². The number of piperidine rings is 1. The van der Waals surface area contributed by atoms with E-state index >= 15 is 0 Å². The number of anilines is 1. The number of nitrogens with zero attached hydrogens (tertiary/aromatic N) is 5. The Morgan fingerprint density at radius 2 is 2.03 bits per heavy atom. The molecule has 1 saturated heterocycles. The Balaban J connectivity index is 1.51. The molecule has 9 nitrogen and oxygen atoms in total. The lowest BCUT2D eigenvalue weighted by Gasteiger charge is -2.33. The van der Waals surface area contributed by atoms with Crippen LogP contribution in [0.2, 0.25) is 0 Å². The van der Waals surface area contributed by atoms with Crippen molar-refractivity contribution in [3.63, 3.8) is 0 Å². The van der Waals surface area contributed by atoms with E-state index in [1.165, 1.54) is 0 Å². The minimum Gasteiger partial charge on any atom is -0.347 e. The van der Waals surface area contributed by atoms with Crippen molar-refractivity contribution in [2.75, 3.05) is 18.5 Å². The van der Waals surface area contributed by atoms with Gasteiger partial charge in [0, 0.05) is 24.8 Å². The third-order valence-electron chi connectivity index (χ3n) is 6.38. The number of benzene rings is 1. The van der Waals surface area contributed by atoms with Gasteiger partial charge in [0.1, 0.15) is 0 Å². The first kappa shape index (κ1) is 24.5. The van der Waals surface area contributed by atoms with Crippen molar-refractivity contribution < 1.29 is 9.59 Å². The number of rotatable bonds is 6. The van der Waals surface area contributed by atoms with Crippen LogP contribution in [0, 0.1) is 6.92 Å². The zero-order valence-electron chi connectivity index (χ0n) is 21.0. The predicted octanol–water partition coefficient (Wildman–Crippen LogP) is 3.05. The lowest BCUT2D eigenvalue weighted by Crippen LogP contribution is -2.50. The molecule has 9 heteroatoms. The van der Waals surface area contributed by atoms with Crippen LogP contribution in [-0.2, 0) is 16.9 Å². The fourth-order valence-corrected chi connectivity index (χ4v) is 4.25. The maximum Gasteiger partial charge on any atom is 0.273 e. The zero-order valence-corrected chi connectivity index (χ0v) is 21.0. The maximum absolute atomic E-state index is 13.0. The van der Waals surface area contributed by atoms with Crippen molar-refractivity contribution >= 4 is 17.5 Å². The number of hydrogen-bond donors (Lipinski definition) is 2. The second-order valence-electron chi connectivity index (χ2n) is 9.91. The van der Waals surface area contributed by atoms with Gasteiger partial charge in [-0.1, -0.05) is 23.4 Å². The van der Waals surface area contributed by atoms with Crippen LogP contribution in [0.5, 0.6) is 0 Å². The molecule has 0 radical (unpaired) electrons. The van der Waals surface area contributed by atoms with Gasteiger partial charge in [-0.3, -0.25) is 14.6 Å². The number of amides is 2. The highest BCUT2D eigenvalue weighted by atomic mass is 16.2. The van der Waals surface area contributed by atoms with Crippen LogP contribution in [0.25, 0.3) is 11.1 Å². The summed E-state index contributed by atoms with van der Waals surface area (Å²) < 4.78 is 1.68. The highest BCUT2D eigenvalue weighted by Gasteiger charge is 2.30. The Hall–Kier alpha value is -3.59. The van der Waals surface area contributed by atoms with Gasteiger partial charge >= 0.3 is 0 Å². The van der Waals surface area contributed by atoms with Crippen molar-refractivity contribution in [3.05, 3.63) is 59.7 Å². The lowest BCUT2D eigenvalue weighted by molar-refractivity contribution is -0.121. The Bertz CT molecular complexity index is 1230. The van der Waals surface area contributed by atoms with Crippen molar-refractivity contribution in [1.82, 2.24) is 30.6 Å². The zero-order chi connectivity index (χ0) is 25.2. The summed E-state index contributed by atoms with van der Waals surface area (Å²) >= 11 is 0. The molecule has 2 N–H and O–H groups in total. The van der Waals surface area contributed by atoms with E-state index in [9.17, 15) is 9.59 Å². The summed E-state index contributed by atoms with van der Waals surface area (Å²) in [7, 11) is 1.82. The number of aryl methyl sites for hydroxylation is 1. The Labute approximate surface area is 205 Å². The van der Waals surface area contributed by atoms with Crippen molar-refractivity contribution in [1.29, 1.82) is 0 Å². The second kappa shape index (κ2) is 9.95. The van der Waals surface area contributed by atoms with E-state index in [0.29, 0.717) is 18.8 Å². The van der Waals surface area contributed by atoms with E-state index in [-0.39, 0.29) is 23.4 Å². The maximum atomic E-state index is 13.0. The lowest BCUT2D eigenvalue weighted by atomic mass is 9.97. The van der Waals surface area contributed by atoms with Gasteiger partial charge in [0.05, 0.1) is 29.7 Å². The fourth-order valence-electron chi connectivity index (χ4n) is 4.25. The summed E-state index contributed by atoms with van der Waals surface area (Å²) in [5.41, 5.74) is 4.88. The summed E-state index contributed by atoms with van der Waals surface area (Å²) in [6.07, 6.45) is 6.95. The molecule has 2 amide bonds. The molecular formula is C26H33N7O2. The van der Waals surface area contributed by atoms with Gasteiger partial charge in [-0.15, -0.1) is 5.10 Å². The predicted molar refractivity (Wildman–Crippen MR) is 135 cm³/mol. The van der Waals surface area contributed by atoms with Crippen molar-refractivity contribution in [2.24, 2.45) is 0 Å². The van der Waals surface area contributed by atoms with E-state index in [2.05, 4.69) is 32.0 Å². The molecule has 0 spiro atoms. The minimum absolute atomic E-state index is 0.0763. The van der Waals surface area contributed by atoms with Gasteiger partial charge in [0.25, 0.3) is 5.91 Å². The number of carbonyl (C=O) groups excluding carboxylic acids is 2. The van der Waals surface area contributed by atoms with Gasteiger partial charge < -0.3 is 15.5 Å². The molecule has 2 aromatic heterocycles. The molecule has 1 unspecified atom stereocenters. The number of aromatic nitrogens is 4. The Kier molecular flexibility index (Phi) is 6.98. The number of carbonyl (C=O) groups is 2. The molecule has 0 bridgehead atoms. The van der Waals surface area contributed by atoms with Crippen LogP contribution < -0.4 is 15.5 Å². The standard InChI is InChI=1S/C26H33N7O2/c1-17-13-18(20-10-11-28-15-23(20)32-12-6-7-21(27-5)25(32)35)8-9-19(17)14-29-24(34)22-16-33(31-30-22)26(2,3)4/h8-11,13,15-16,21,27H,6-7,12,14H2,1-5H3,(H,29,34). The molecule has 1 fully saturated rings. The summed E-state index contributed by atoms with van der Waals surface area (Å²) in [5.74, 6) is -0.185. The SMILES string of the molecule is CNC1CCCN(c2cnccc2-c2ccc(CNC(=O)c3cn(C(C)(C)C)nn3)c(C)c2)C1=O. The third-order valence-corrected chi connectivity index (χ3v) is 6.38. The second-order valence-corrected chi connectivity index (χ2v) is 9.91. The molecule has 3 aromatic rings. The molecular weight excluding hydrogens is 442 g/mol. The summed E-state index contributed by atoms with van der Waals surface area (Å²) in [6, 6.07) is 7.89. The quantitative estimate of drug-likeness (QED) is 0.568. The first-order valence-electron chi connectivity index (χ1n) is 11.9. The number of likely N-dealkylation sites (N-methyl/N-ethyl adjacent to an activating group) is 1. The Morgan fingerprint density at radius 1 is 1.23 bits per heavy atom. The van der Waals surface area contributed by atoms with Crippen LogP contribution >= 0.6 is 0 Å². The smallest absolute Gasteiger partial charge is 0.273 e. The number of pyridine rings is 1. The number of hydrogen-bond acceptors (Lipinski definition) is 6. The van der Waals surface area contributed by atoms with Crippen LogP contribution in [0.1, 0.15) is 55.2 Å². The average Bonchev–Trinajstić information content (AvgIpc) is 3.35. The summed E-state index contributed by atoms with van der Waals surface area (Å²) in [5, 5.41) is 14.1. The van der Waals surface area contributed by atoms with Gasteiger partial charge in [-0.05, 0) is 70.3 Å². The molecule has 1 aliphatic rings. The highest BCUT2D eigenvalue weighted by molar-refractivity contribution is 6.01. The molecule has 184 valence electrons. The van der Waals surface area contributed by atoms with E-state index in [4.69, 9.17) is 0 Å². The largest absolute Gasteiger partial charge is 0.347 e. The van der Waals surface area contributed by atoms with Crippen LogP contribution in [0.4, 0.5) is 5.69 Å². The molecule has 35 heavy (non-hydrogen) atoms. The fraction of sp³-hybridized carbons (Fsp3) is 0.423. The Morgan fingerprint density at radius 3 is 2.71 bits per heavy atom. The van der Waals surface area contributed by atoms with Crippen LogP contribution in [0.3, 0.4) is 0 Å². The van der Waals surface area contributed by atoms with E-state index in [1.807, 2.05) is 57.8 Å². The molecule has 1 atom stereocenters. The topological polar surface area (TPSA) is 105 Å². The molecule has 0 saturated carbocycles. The van der Waals surface area contributed by atoms with Crippen molar-refractivity contribution in [2.45, 2.75) is 58.7 Å². The van der Waals surface area contributed by atoms with Crippen LogP contribution in [-0.4, -0.2) is 51.4 Å². The molecule has 0 aliphatic carbocycles. The number of nitrogens with one attached hydrogen (secondary N) is 2. The summed E-state index contributed by atoms with van der Waals surface area (Å²) in [6.45, 7) is 9.09.